The summed E-state index contributed by atoms with van der Waals surface area (Å²) in [5.74, 6) is 0.699. The minimum absolute atomic E-state index is 0.457. The molecular weight excluding hydrogens is 228 g/mol. The molecule has 4 nitrogen and oxygen atoms in total. The second-order valence-corrected chi connectivity index (χ2v) is 3.83. The maximum atomic E-state index is 8.82. The highest BCUT2D eigenvalue weighted by Crippen LogP contribution is 2.20. The van der Waals surface area contributed by atoms with Crippen molar-refractivity contribution in [2.24, 2.45) is 5.16 Å². The highest BCUT2D eigenvalue weighted by atomic mass is 16.5. The van der Waals surface area contributed by atoms with Gasteiger partial charge in [0.15, 0.2) is 0 Å². The van der Waals surface area contributed by atoms with E-state index in [1.165, 1.54) is 0 Å². The second kappa shape index (κ2) is 5.82. The fourth-order valence-corrected chi connectivity index (χ4v) is 1.59. The number of para-hydroxylation sites is 1. The molecule has 0 radical (unpaired) electrons. The lowest BCUT2D eigenvalue weighted by Crippen LogP contribution is -2.02. The maximum Gasteiger partial charge on any atom is 0.128 e. The van der Waals surface area contributed by atoms with E-state index >= 15 is 0 Å². The molecule has 18 heavy (non-hydrogen) atoms. The quantitative estimate of drug-likeness (QED) is 0.509. The second-order valence-electron chi connectivity index (χ2n) is 3.83. The molecule has 1 aromatic heterocycles. The molecular formula is C14H14N2O2. The zero-order valence-corrected chi connectivity index (χ0v) is 10.1. The van der Waals surface area contributed by atoms with Gasteiger partial charge in [0.2, 0.25) is 0 Å². The van der Waals surface area contributed by atoms with Crippen molar-refractivity contribution in [1.29, 1.82) is 0 Å². The van der Waals surface area contributed by atoms with E-state index in [4.69, 9.17) is 9.94 Å². The Bertz CT molecular complexity index is 539. The van der Waals surface area contributed by atoms with Gasteiger partial charge in [-0.15, -0.1) is 0 Å². The molecule has 0 spiro atoms. The monoisotopic (exact) mass is 242 g/mol. The number of aromatic nitrogens is 1. The number of oxime groups is 1. The summed E-state index contributed by atoms with van der Waals surface area (Å²) in [6, 6.07) is 11.3. The fraction of sp³-hybridized carbons (Fsp3) is 0.143. The van der Waals surface area contributed by atoms with E-state index in [2.05, 4.69) is 10.1 Å². The summed E-state index contributed by atoms with van der Waals surface area (Å²) < 4.78 is 5.73. The lowest BCUT2D eigenvalue weighted by Gasteiger charge is -2.10. The van der Waals surface area contributed by atoms with Gasteiger partial charge in [0.05, 0.1) is 5.71 Å². The first-order chi connectivity index (χ1) is 8.81. The molecule has 2 rings (SSSR count). The normalized spacial score (nSPS) is 11.3. The van der Waals surface area contributed by atoms with Crippen molar-refractivity contribution in [3.05, 3.63) is 59.9 Å². The minimum Gasteiger partial charge on any atom is -0.488 e. The van der Waals surface area contributed by atoms with E-state index in [1.54, 1.807) is 19.3 Å². The predicted molar refractivity (Wildman–Crippen MR) is 69.0 cm³/mol. The van der Waals surface area contributed by atoms with Gasteiger partial charge in [0, 0.05) is 18.0 Å². The van der Waals surface area contributed by atoms with Crippen molar-refractivity contribution in [2.75, 3.05) is 0 Å². The Morgan fingerprint density at radius 2 is 1.94 bits per heavy atom. The van der Waals surface area contributed by atoms with Crippen LogP contribution in [-0.4, -0.2) is 15.9 Å². The van der Waals surface area contributed by atoms with Crippen LogP contribution in [0.15, 0.2) is 53.9 Å². The van der Waals surface area contributed by atoms with Crippen LogP contribution in [0.25, 0.3) is 0 Å². The number of pyridine rings is 1. The molecule has 0 fully saturated rings. The smallest absolute Gasteiger partial charge is 0.128 e. The predicted octanol–water partition coefficient (Wildman–Crippen LogP) is 2.86. The Hall–Kier alpha value is -2.36. The van der Waals surface area contributed by atoms with Gasteiger partial charge < -0.3 is 9.94 Å². The highest BCUT2D eigenvalue weighted by molar-refractivity contribution is 6.00. The third kappa shape index (κ3) is 2.85. The number of ether oxygens (including phenoxy) is 1. The lowest BCUT2D eigenvalue weighted by molar-refractivity contribution is 0.303. The molecule has 92 valence electrons. The zero-order chi connectivity index (χ0) is 12.8. The molecule has 0 aliphatic heterocycles. The number of benzene rings is 1. The molecule has 4 heteroatoms. The Kier molecular flexibility index (Phi) is 3.91. The van der Waals surface area contributed by atoms with Crippen LogP contribution in [0.1, 0.15) is 18.1 Å². The number of hydrogen-bond acceptors (Lipinski definition) is 4. The summed E-state index contributed by atoms with van der Waals surface area (Å²) in [6.45, 7) is 2.19. The van der Waals surface area contributed by atoms with Gasteiger partial charge in [-0.2, -0.15) is 0 Å². The van der Waals surface area contributed by atoms with E-state index in [0.29, 0.717) is 18.1 Å². The molecule has 0 atom stereocenters. The molecule has 0 aliphatic rings. The van der Waals surface area contributed by atoms with E-state index in [1.807, 2.05) is 36.4 Å². The maximum absolute atomic E-state index is 8.82. The number of hydrogen-bond donors (Lipinski definition) is 1. The van der Waals surface area contributed by atoms with Gasteiger partial charge in [-0.25, -0.2) is 0 Å². The highest BCUT2D eigenvalue weighted by Gasteiger charge is 2.06. The molecule has 0 bridgehead atoms. The zero-order valence-electron chi connectivity index (χ0n) is 10.1. The Labute approximate surface area is 106 Å². The fourth-order valence-electron chi connectivity index (χ4n) is 1.59. The van der Waals surface area contributed by atoms with Crippen molar-refractivity contribution in [1.82, 2.24) is 4.98 Å². The van der Waals surface area contributed by atoms with E-state index in [9.17, 15) is 0 Å². The van der Waals surface area contributed by atoms with Crippen molar-refractivity contribution in [3.8, 4) is 5.75 Å². The lowest BCUT2D eigenvalue weighted by atomic mass is 10.1. The van der Waals surface area contributed by atoms with Gasteiger partial charge in [0.25, 0.3) is 0 Å². The third-order valence-electron chi connectivity index (χ3n) is 2.57. The van der Waals surface area contributed by atoms with E-state index in [-0.39, 0.29) is 0 Å². The van der Waals surface area contributed by atoms with Gasteiger partial charge in [-0.05, 0) is 36.8 Å². The van der Waals surface area contributed by atoms with E-state index < -0.39 is 0 Å². The number of rotatable bonds is 4. The first-order valence-corrected chi connectivity index (χ1v) is 5.61. The average Bonchev–Trinajstić information content (AvgIpc) is 2.45. The van der Waals surface area contributed by atoms with E-state index in [0.717, 1.165) is 11.1 Å². The first-order valence-electron chi connectivity index (χ1n) is 5.61. The standard InChI is InChI=1S/C14H14N2O2/c1-11(16-17)13-4-2-3-5-14(13)18-10-12-6-8-15-9-7-12/h2-9,17H,10H2,1H3/b16-11+. The van der Waals surface area contributed by atoms with Crippen LogP contribution in [0.2, 0.25) is 0 Å². The molecule has 0 unspecified atom stereocenters. The summed E-state index contributed by atoms with van der Waals surface area (Å²) in [4.78, 5) is 3.95. The Morgan fingerprint density at radius 3 is 2.67 bits per heavy atom. The Balaban J connectivity index is 2.15. The molecule has 1 heterocycles. The first kappa shape index (κ1) is 12.1. The van der Waals surface area contributed by atoms with Crippen molar-refractivity contribution < 1.29 is 9.94 Å². The molecule has 0 saturated heterocycles. The molecule has 0 saturated carbocycles. The third-order valence-corrected chi connectivity index (χ3v) is 2.57. The van der Waals surface area contributed by atoms with Crippen LogP contribution in [0.4, 0.5) is 0 Å². The summed E-state index contributed by atoms with van der Waals surface area (Å²) in [5.41, 5.74) is 2.35. The van der Waals surface area contributed by atoms with Gasteiger partial charge in [0.1, 0.15) is 12.4 Å². The minimum atomic E-state index is 0.457. The largest absolute Gasteiger partial charge is 0.488 e. The SMILES string of the molecule is C/C(=N\O)c1ccccc1OCc1ccncc1. The summed E-state index contributed by atoms with van der Waals surface area (Å²) >= 11 is 0. The molecule has 0 amide bonds. The van der Waals surface area contributed by atoms with Crippen LogP contribution in [0.3, 0.4) is 0 Å². The van der Waals surface area contributed by atoms with Crippen LogP contribution in [-0.2, 0) is 6.61 Å². The Morgan fingerprint density at radius 1 is 1.22 bits per heavy atom. The average molecular weight is 242 g/mol. The molecule has 2 aromatic rings. The summed E-state index contributed by atoms with van der Waals surface area (Å²) in [6.07, 6.45) is 3.45. The molecule has 0 aliphatic carbocycles. The van der Waals surface area contributed by atoms with Crippen LogP contribution < -0.4 is 4.74 Å². The molecule has 1 N–H and O–H groups in total. The van der Waals surface area contributed by atoms with Gasteiger partial charge >= 0.3 is 0 Å². The van der Waals surface area contributed by atoms with Crippen LogP contribution >= 0.6 is 0 Å². The van der Waals surface area contributed by atoms with Gasteiger partial charge in [-0.1, -0.05) is 17.3 Å². The summed E-state index contributed by atoms with van der Waals surface area (Å²) in [7, 11) is 0. The summed E-state index contributed by atoms with van der Waals surface area (Å²) in [5, 5.41) is 12.0. The topological polar surface area (TPSA) is 54.7 Å². The molecule has 1 aromatic carbocycles. The number of nitrogens with zero attached hydrogens (tertiary/aromatic N) is 2. The van der Waals surface area contributed by atoms with Crippen molar-refractivity contribution in [3.63, 3.8) is 0 Å². The van der Waals surface area contributed by atoms with Crippen LogP contribution in [0, 0.1) is 0 Å². The van der Waals surface area contributed by atoms with Gasteiger partial charge in [-0.3, -0.25) is 4.98 Å². The van der Waals surface area contributed by atoms with Crippen molar-refractivity contribution >= 4 is 5.71 Å². The van der Waals surface area contributed by atoms with Crippen LogP contribution in [0.5, 0.6) is 5.75 Å². The van der Waals surface area contributed by atoms with Crippen molar-refractivity contribution in [2.45, 2.75) is 13.5 Å².